The van der Waals surface area contributed by atoms with Gasteiger partial charge in [0.05, 0.1) is 11.3 Å². The topological polar surface area (TPSA) is 49.6 Å². The van der Waals surface area contributed by atoms with Crippen molar-refractivity contribution >= 4 is 33.3 Å². The van der Waals surface area contributed by atoms with E-state index < -0.39 is 0 Å². The van der Waals surface area contributed by atoms with Crippen LogP contribution in [0.25, 0.3) is 10.2 Å². The van der Waals surface area contributed by atoms with Crippen LogP contribution in [0.5, 0.6) is 0 Å². The highest BCUT2D eigenvalue weighted by Gasteiger charge is 2.11. The lowest BCUT2D eigenvalue weighted by Gasteiger charge is -2.01. The van der Waals surface area contributed by atoms with E-state index in [4.69, 9.17) is 5.26 Å². The summed E-state index contributed by atoms with van der Waals surface area (Å²) in [6, 6.07) is 4.34. The van der Waals surface area contributed by atoms with Gasteiger partial charge in [-0.05, 0) is 19.4 Å². The van der Waals surface area contributed by atoms with Gasteiger partial charge < -0.3 is 0 Å². The first-order valence-corrected chi connectivity index (χ1v) is 6.74. The molecule has 5 heteroatoms. The predicted octanol–water partition coefficient (Wildman–Crippen LogP) is 3.26. The molecule has 16 heavy (non-hydrogen) atoms. The normalized spacial score (nSPS) is 12.6. The Kier molecular flexibility index (Phi) is 3.42. The first-order chi connectivity index (χ1) is 7.74. The molecule has 0 aliphatic carbocycles. The molecule has 0 fully saturated rings. The summed E-state index contributed by atoms with van der Waals surface area (Å²) in [7, 11) is 0. The van der Waals surface area contributed by atoms with Crippen LogP contribution in [0.4, 0.5) is 0 Å². The predicted molar refractivity (Wildman–Crippen MR) is 67.7 cm³/mol. The van der Waals surface area contributed by atoms with Gasteiger partial charge in [-0.25, -0.2) is 9.97 Å². The number of thiophene rings is 1. The quantitative estimate of drug-likeness (QED) is 0.619. The van der Waals surface area contributed by atoms with Crippen LogP contribution in [-0.4, -0.2) is 15.2 Å². The van der Waals surface area contributed by atoms with Crippen LogP contribution < -0.4 is 0 Å². The molecular formula is C11H11N3S2. The molecule has 0 bridgehead atoms. The van der Waals surface area contributed by atoms with Crippen molar-refractivity contribution < 1.29 is 0 Å². The molecule has 2 aromatic rings. The third-order valence-electron chi connectivity index (χ3n) is 2.16. The maximum absolute atomic E-state index is 8.81. The van der Waals surface area contributed by atoms with Gasteiger partial charge in [-0.3, -0.25) is 0 Å². The lowest BCUT2D eigenvalue weighted by molar-refractivity contribution is 1.10. The lowest BCUT2D eigenvalue weighted by Crippen LogP contribution is -1.92. The number of aromatic nitrogens is 2. The number of hydrogen-bond donors (Lipinski definition) is 0. The van der Waals surface area contributed by atoms with E-state index in [0.717, 1.165) is 21.7 Å². The van der Waals surface area contributed by atoms with E-state index in [1.165, 1.54) is 16.6 Å². The van der Waals surface area contributed by atoms with Gasteiger partial charge in [0, 0.05) is 10.3 Å². The molecular weight excluding hydrogens is 238 g/mol. The molecule has 0 aliphatic heterocycles. The largest absolute Gasteiger partial charge is 0.229 e. The maximum atomic E-state index is 8.81. The number of thioether (sulfide) groups is 1. The zero-order chi connectivity index (χ0) is 11.5. The maximum Gasteiger partial charge on any atom is 0.128 e. The summed E-state index contributed by atoms with van der Waals surface area (Å²) < 4.78 is 0. The van der Waals surface area contributed by atoms with Crippen LogP contribution in [-0.2, 0) is 6.42 Å². The summed E-state index contributed by atoms with van der Waals surface area (Å²) in [6.45, 7) is 4.01. The number of fused-ring (bicyclic) bond motifs is 1. The standard InChI is InChI=1S/C11H11N3S2/c1-3-8-4-9-10(15-7(2)5-12)13-6-14-11(9)16-8/h4,6-7H,3H2,1-2H3/t7-/m1/s1. The SMILES string of the molecule is CCc1cc2c(S[C@H](C)C#N)ncnc2s1. The minimum atomic E-state index is -0.0805. The van der Waals surface area contributed by atoms with Crippen molar-refractivity contribution in [3.05, 3.63) is 17.3 Å². The molecule has 82 valence electrons. The van der Waals surface area contributed by atoms with Gasteiger partial charge in [-0.1, -0.05) is 18.7 Å². The smallest absolute Gasteiger partial charge is 0.128 e. The molecule has 0 amide bonds. The summed E-state index contributed by atoms with van der Waals surface area (Å²) in [5.41, 5.74) is 0. The first kappa shape index (κ1) is 11.4. The number of nitriles is 1. The van der Waals surface area contributed by atoms with E-state index in [-0.39, 0.29) is 5.25 Å². The molecule has 0 saturated carbocycles. The monoisotopic (exact) mass is 249 g/mol. The molecule has 0 aliphatic rings. The Balaban J connectivity index is 2.45. The van der Waals surface area contributed by atoms with Gasteiger partial charge in [0.15, 0.2) is 0 Å². The van der Waals surface area contributed by atoms with E-state index in [2.05, 4.69) is 29.0 Å². The highest BCUT2D eigenvalue weighted by molar-refractivity contribution is 8.00. The van der Waals surface area contributed by atoms with Crippen molar-refractivity contribution in [2.45, 2.75) is 30.5 Å². The van der Waals surface area contributed by atoms with Crippen molar-refractivity contribution in [2.75, 3.05) is 0 Å². The molecule has 0 N–H and O–H groups in total. The van der Waals surface area contributed by atoms with Gasteiger partial charge in [0.1, 0.15) is 16.2 Å². The number of nitrogens with zero attached hydrogens (tertiary/aromatic N) is 3. The Morgan fingerprint density at radius 2 is 2.38 bits per heavy atom. The summed E-state index contributed by atoms with van der Waals surface area (Å²) in [5.74, 6) is 0. The van der Waals surface area contributed by atoms with E-state index in [9.17, 15) is 0 Å². The molecule has 0 spiro atoms. The van der Waals surface area contributed by atoms with E-state index in [1.54, 1.807) is 17.7 Å². The van der Waals surface area contributed by atoms with Crippen LogP contribution >= 0.6 is 23.1 Å². The van der Waals surface area contributed by atoms with Crippen molar-refractivity contribution in [2.24, 2.45) is 0 Å². The fraction of sp³-hybridized carbons (Fsp3) is 0.364. The minimum absolute atomic E-state index is 0.0805. The first-order valence-electron chi connectivity index (χ1n) is 5.04. The fourth-order valence-electron chi connectivity index (χ4n) is 1.35. The highest BCUT2D eigenvalue weighted by Crippen LogP contribution is 2.32. The number of hydrogen-bond acceptors (Lipinski definition) is 5. The fourth-order valence-corrected chi connectivity index (χ4v) is 3.12. The van der Waals surface area contributed by atoms with Gasteiger partial charge in [0.25, 0.3) is 0 Å². The highest BCUT2D eigenvalue weighted by atomic mass is 32.2. The Morgan fingerprint density at radius 1 is 1.56 bits per heavy atom. The number of rotatable bonds is 3. The van der Waals surface area contributed by atoms with Gasteiger partial charge in [-0.15, -0.1) is 11.3 Å². The van der Waals surface area contributed by atoms with Crippen LogP contribution in [0.1, 0.15) is 18.7 Å². The average Bonchev–Trinajstić information content (AvgIpc) is 2.73. The summed E-state index contributed by atoms with van der Waals surface area (Å²) >= 11 is 3.19. The van der Waals surface area contributed by atoms with Crippen molar-refractivity contribution in [1.29, 1.82) is 5.26 Å². The second kappa shape index (κ2) is 4.81. The van der Waals surface area contributed by atoms with Crippen molar-refractivity contribution in [3.63, 3.8) is 0 Å². The van der Waals surface area contributed by atoms with Crippen LogP contribution in [0, 0.1) is 11.3 Å². The molecule has 0 aromatic carbocycles. The summed E-state index contributed by atoms with van der Waals surface area (Å²) in [4.78, 5) is 10.8. The molecule has 2 aromatic heterocycles. The Hall–Kier alpha value is -1.12. The van der Waals surface area contributed by atoms with Crippen LogP contribution in [0.3, 0.4) is 0 Å². The Bertz CT molecular complexity index is 542. The summed E-state index contributed by atoms with van der Waals surface area (Å²) in [5, 5.41) is 10.7. The molecule has 2 rings (SSSR count). The molecule has 3 nitrogen and oxygen atoms in total. The summed E-state index contributed by atoms with van der Waals surface area (Å²) in [6.07, 6.45) is 2.59. The van der Waals surface area contributed by atoms with Crippen molar-refractivity contribution in [1.82, 2.24) is 9.97 Å². The van der Waals surface area contributed by atoms with E-state index in [1.807, 2.05) is 6.92 Å². The van der Waals surface area contributed by atoms with E-state index >= 15 is 0 Å². The molecule has 0 radical (unpaired) electrons. The zero-order valence-corrected chi connectivity index (χ0v) is 10.7. The lowest BCUT2D eigenvalue weighted by atomic mass is 10.3. The van der Waals surface area contributed by atoms with Crippen LogP contribution in [0.2, 0.25) is 0 Å². The number of aryl methyl sites for hydroxylation is 1. The van der Waals surface area contributed by atoms with Crippen LogP contribution in [0.15, 0.2) is 17.4 Å². The zero-order valence-electron chi connectivity index (χ0n) is 9.10. The average molecular weight is 249 g/mol. The third kappa shape index (κ3) is 2.18. The molecule has 0 unspecified atom stereocenters. The van der Waals surface area contributed by atoms with Crippen molar-refractivity contribution in [3.8, 4) is 6.07 Å². The third-order valence-corrected chi connectivity index (χ3v) is 4.36. The van der Waals surface area contributed by atoms with Gasteiger partial charge in [0.2, 0.25) is 0 Å². The molecule has 2 heterocycles. The second-order valence-corrected chi connectivity index (χ2v) is 5.80. The van der Waals surface area contributed by atoms with Gasteiger partial charge >= 0.3 is 0 Å². The van der Waals surface area contributed by atoms with Gasteiger partial charge in [-0.2, -0.15) is 5.26 Å². The van der Waals surface area contributed by atoms with E-state index in [0.29, 0.717) is 0 Å². The molecule has 0 saturated heterocycles. The second-order valence-electron chi connectivity index (χ2n) is 3.35. The molecule has 1 atom stereocenters. The minimum Gasteiger partial charge on any atom is -0.229 e. The Labute approximate surface area is 103 Å². The Morgan fingerprint density at radius 3 is 3.06 bits per heavy atom.